The van der Waals surface area contributed by atoms with E-state index >= 15 is 0 Å². The van der Waals surface area contributed by atoms with Crippen molar-refractivity contribution in [3.05, 3.63) is 12.4 Å². The van der Waals surface area contributed by atoms with Crippen LogP contribution in [0, 0.1) is 0 Å². The minimum absolute atomic E-state index is 0.304. The molecule has 0 aromatic carbocycles. The van der Waals surface area contributed by atoms with Crippen LogP contribution in [0.2, 0.25) is 0 Å². The number of aromatic nitrogens is 2. The van der Waals surface area contributed by atoms with E-state index < -0.39 is 0 Å². The first-order valence-corrected chi connectivity index (χ1v) is 3.99. The fraction of sp³-hybridized carbons (Fsp3) is 0.500. The van der Waals surface area contributed by atoms with Gasteiger partial charge in [0.15, 0.2) is 0 Å². The van der Waals surface area contributed by atoms with Gasteiger partial charge in [0.25, 0.3) is 5.88 Å². The van der Waals surface area contributed by atoms with Crippen LogP contribution in [0.1, 0.15) is 20.8 Å². The van der Waals surface area contributed by atoms with Gasteiger partial charge < -0.3 is 10.2 Å². The molecule has 72 valence electrons. The molecule has 0 saturated heterocycles. The lowest BCUT2D eigenvalue weighted by molar-refractivity contribution is 0.124. The van der Waals surface area contributed by atoms with E-state index in [0.29, 0.717) is 11.7 Å². The Morgan fingerprint density at radius 1 is 1.31 bits per heavy atom. The summed E-state index contributed by atoms with van der Waals surface area (Å²) < 4.78 is 5.51. The first kappa shape index (κ1) is 9.73. The number of nitrogen functional groups attached to an aromatic ring is 1. The van der Waals surface area contributed by atoms with Gasteiger partial charge in [0.1, 0.15) is 5.60 Å². The van der Waals surface area contributed by atoms with Crippen LogP contribution in [0.3, 0.4) is 0 Å². The zero-order chi connectivity index (χ0) is 9.90. The third-order valence-corrected chi connectivity index (χ3v) is 1.20. The number of nitrogens with zero attached hydrogens (tertiary/aromatic N) is 2. The topological polar surface area (TPSA) is 73.1 Å². The smallest absolute Gasteiger partial charge is 0.259 e. The molecule has 0 radical (unpaired) electrons. The van der Waals surface area contributed by atoms with Gasteiger partial charge in [-0.1, -0.05) is 0 Å². The lowest BCUT2D eigenvalue weighted by Crippen LogP contribution is -2.25. The molecular weight excluding hydrogens is 168 g/mol. The molecule has 1 heterocycles. The molecule has 3 N–H and O–H groups in total. The summed E-state index contributed by atoms with van der Waals surface area (Å²) in [7, 11) is 0. The Bertz CT molecular complexity index is 282. The number of ether oxygens (including phenoxy) is 1. The first-order chi connectivity index (χ1) is 6.03. The summed E-state index contributed by atoms with van der Waals surface area (Å²) in [6, 6.07) is 0. The minimum Gasteiger partial charge on any atom is -0.469 e. The summed E-state index contributed by atoms with van der Waals surface area (Å²) in [6.07, 6.45) is 3.10. The Kier molecular flexibility index (Phi) is 2.67. The van der Waals surface area contributed by atoms with Crippen LogP contribution in [0.4, 0.5) is 5.82 Å². The average molecular weight is 182 g/mol. The highest BCUT2D eigenvalue weighted by molar-refractivity contribution is 5.43. The normalized spacial score (nSPS) is 11.1. The van der Waals surface area contributed by atoms with E-state index in [4.69, 9.17) is 10.6 Å². The number of hydrazine groups is 1. The van der Waals surface area contributed by atoms with Crippen molar-refractivity contribution in [2.75, 3.05) is 5.43 Å². The number of hydrogen-bond acceptors (Lipinski definition) is 5. The summed E-state index contributed by atoms with van der Waals surface area (Å²) in [5.41, 5.74) is 2.12. The lowest BCUT2D eigenvalue weighted by atomic mass is 10.2. The van der Waals surface area contributed by atoms with Gasteiger partial charge in [-0.05, 0) is 20.8 Å². The number of rotatable bonds is 2. The summed E-state index contributed by atoms with van der Waals surface area (Å²) in [4.78, 5) is 7.97. The summed E-state index contributed by atoms with van der Waals surface area (Å²) in [6.45, 7) is 5.80. The van der Waals surface area contributed by atoms with E-state index in [0.717, 1.165) is 0 Å². The third kappa shape index (κ3) is 2.87. The molecule has 0 atom stereocenters. The van der Waals surface area contributed by atoms with E-state index in [1.807, 2.05) is 20.8 Å². The van der Waals surface area contributed by atoms with E-state index in [1.54, 1.807) is 12.4 Å². The maximum absolute atomic E-state index is 5.51. The van der Waals surface area contributed by atoms with E-state index in [1.165, 1.54) is 0 Å². The molecule has 1 rings (SSSR count). The minimum atomic E-state index is -0.304. The second-order valence-corrected chi connectivity index (χ2v) is 3.57. The van der Waals surface area contributed by atoms with Crippen LogP contribution in [0.25, 0.3) is 0 Å². The fourth-order valence-electron chi connectivity index (χ4n) is 0.789. The Morgan fingerprint density at radius 2 is 1.92 bits per heavy atom. The summed E-state index contributed by atoms with van der Waals surface area (Å²) in [5, 5.41) is 0. The predicted octanol–water partition coefficient (Wildman–Crippen LogP) is 0.939. The molecule has 5 nitrogen and oxygen atoms in total. The molecule has 0 amide bonds. The highest BCUT2D eigenvalue weighted by atomic mass is 16.5. The van der Waals surface area contributed by atoms with Crippen molar-refractivity contribution < 1.29 is 4.74 Å². The van der Waals surface area contributed by atoms with Crippen molar-refractivity contribution in [1.82, 2.24) is 9.97 Å². The van der Waals surface area contributed by atoms with Crippen molar-refractivity contribution in [3.8, 4) is 5.88 Å². The van der Waals surface area contributed by atoms with Crippen LogP contribution in [0.15, 0.2) is 12.4 Å². The molecule has 0 aliphatic rings. The molecular formula is C8H14N4O. The first-order valence-electron chi connectivity index (χ1n) is 3.99. The highest BCUT2D eigenvalue weighted by Gasteiger charge is 2.15. The standard InChI is InChI=1S/C8H14N4O/c1-8(2,3)13-7-6(12-9)10-4-5-11-7/h4-5H,9H2,1-3H3,(H,10,12). The Morgan fingerprint density at radius 3 is 2.46 bits per heavy atom. The largest absolute Gasteiger partial charge is 0.469 e. The number of nitrogens with one attached hydrogen (secondary N) is 1. The number of hydrogen-bond donors (Lipinski definition) is 2. The monoisotopic (exact) mass is 182 g/mol. The maximum Gasteiger partial charge on any atom is 0.259 e. The third-order valence-electron chi connectivity index (χ3n) is 1.20. The second kappa shape index (κ2) is 3.57. The van der Waals surface area contributed by atoms with E-state index in [-0.39, 0.29) is 5.60 Å². The fourth-order valence-corrected chi connectivity index (χ4v) is 0.789. The quantitative estimate of drug-likeness (QED) is 0.526. The van der Waals surface area contributed by atoms with Crippen LogP contribution >= 0.6 is 0 Å². The SMILES string of the molecule is CC(C)(C)Oc1nccnc1NN. The summed E-state index contributed by atoms with van der Waals surface area (Å²) >= 11 is 0. The van der Waals surface area contributed by atoms with Crippen LogP contribution in [-0.4, -0.2) is 15.6 Å². The van der Waals surface area contributed by atoms with Gasteiger partial charge >= 0.3 is 0 Å². The zero-order valence-corrected chi connectivity index (χ0v) is 8.03. The summed E-state index contributed by atoms with van der Waals surface area (Å²) in [5.74, 6) is 6.09. The molecule has 5 heteroatoms. The predicted molar refractivity (Wildman–Crippen MR) is 50.2 cm³/mol. The Labute approximate surface area is 77.3 Å². The second-order valence-electron chi connectivity index (χ2n) is 3.57. The van der Waals surface area contributed by atoms with E-state index in [9.17, 15) is 0 Å². The van der Waals surface area contributed by atoms with Gasteiger partial charge in [-0.2, -0.15) is 0 Å². The molecule has 1 aromatic rings. The van der Waals surface area contributed by atoms with Gasteiger partial charge in [0.2, 0.25) is 5.82 Å². The Balaban J connectivity index is 2.87. The molecule has 0 unspecified atom stereocenters. The van der Waals surface area contributed by atoms with Gasteiger partial charge in [0, 0.05) is 12.4 Å². The zero-order valence-electron chi connectivity index (χ0n) is 8.03. The van der Waals surface area contributed by atoms with Crippen molar-refractivity contribution in [2.45, 2.75) is 26.4 Å². The van der Waals surface area contributed by atoms with Crippen molar-refractivity contribution in [3.63, 3.8) is 0 Å². The van der Waals surface area contributed by atoms with Crippen molar-refractivity contribution >= 4 is 5.82 Å². The number of anilines is 1. The number of nitrogens with two attached hydrogens (primary N) is 1. The van der Waals surface area contributed by atoms with Crippen molar-refractivity contribution in [1.29, 1.82) is 0 Å². The molecule has 0 saturated carbocycles. The average Bonchev–Trinajstić information content (AvgIpc) is 2.02. The van der Waals surface area contributed by atoms with Crippen molar-refractivity contribution in [2.24, 2.45) is 5.84 Å². The van der Waals surface area contributed by atoms with Gasteiger partial charge in [-0.3, -0.25) is 0 Å². The van der Waals surface area contributed by atoms with Gasteiger partial charge in [0.05, 0.1) is 0 Å². The van der Waals surface area contributed by atoms with E-state index in [2.05, 4.69) is 15.4 Å². The maximum atomic E-state index is 5.51. The molecule has 0 aliphatic carbocycles. The van der Waals surface area contributed by atoms with Crippen LogP contribution < -0.4 is 16.0 Å². The highest BCUT2D eigenvalue weighted by Crippen LogP contribution is 2.21. The molecule has 0 bridgehead atoms. The molecule has 13 heavy (non-hydrogen) atoms. The van der Waals surface area contributed by atoms with Gasteiger partial charge in [-0.25, -0.2) is 15.8 Å². The molecule has 0 fully saturated rings. The molecule has 0 spiro atoms. The van der Waals surface area contributed by atoms with Crippen LogP contribution in [-0.2, 0) is 0 Å². The molecule has 1 aromatic heterocycles. The van der Waals surface area contributed by atoms with Gasteiger partial charge in [-0.15, -0.1) is 0 Å². The van der Waals surface area contributed by atoms with Crippen LogP contribution in [0.5, 0.6) is 5.88 Å². The molecule has 0 aliphatic heterocycles. The Hall–Kier alpha value is -1.36. The lowest BCUT2D eigenvalue weighted by Gasteiger charge is -2.21.